The summed E-state index contributed by atoms with van der Waals surface area (Å²) in [6.45, 7) is 3.78. The van der Waals surface area contributed by atoms with Gasteiger partial charge in [0.05, 0.1) is 4.90 Å². The number of rotatable bonds is 6. The fraction of sp³-hybridized carbons (Fsp3) is 0.250. The Hall–Kier alpha value is -1.32. The van der Waals surface area contributed by atoms with Crippen LogP contribution < -0.4 is 5.32 Å². The summed E-state index contributed by atoms with van der Waals surface area (Å²) in [5, 5.41) is 3.32. The molecule has 0 radical (unpaired) electrons. The van der Waals surface area contributed by atoms with Crippen molar-refractivity contribution in [2.75, 3.05) is 6.54 Å². The maximum absolute atomic E-state index is 14.0. The van der Waals surface area contributed by atoms with Crippen LogP contribution in [0.3, 0.4) is 0 Å². The molecule has 3 heteroatoms. The van der Waals surface area contributed by atoms with E-state index in [0.717, 1.165) is 28.3 Å². The van der Waals surface area contributed by atoms with Crippen LogP contribution in [0.15, 0.2) is 58.3 Å². The molecule has 100 valence electrons. The number of benzene rings is 2. The first kappa shape index (κ1) is 14.1. The lowest BCUT2D eigenvalue weighted by molar-refractivity contribution is 0.589. The van der Waals surface area contributed by atoms with E-state index >= 15 is 0 Å². The van der Waals surface area contributed by atoms with Gasteiger partial charge >= 0.3 is 0 Å². The predicted molar refractivity (Wildman–Crippen MR) is 79.0 cm³/mol. The van der Waals surface area contributed by atoms with Crippen molar-refractivity contribution in [1.29, 1.82) is 0 Å². The molecule has 0 unspecified atom stereocenters. The third-order valence-electron chi connectivity index (χ3n) is 2.75. The number of halogens is 1. The maximum atomic E-state index is 14.0. The van der Waals surface area contributed by atoms with Crippen molar-refractivity contribution < 1.29 is 4.39 Å². The van der Waals surface area contributed by atoms with Gasteiger partial charge < -0.3 is 5.32 Å². The molecule has 0 aliphatic rings. The molecule has 0 fully saturated rings. The van der Waals surface area contributed by atoms with Crippen molar-refractivity contribution in [1.82, 2.24) is 5.32 Å². The normalized spacial score (nSPS) is 10.6. The Morgan fingerprint density at radius 2 is 1.84 bits per heavy atom. The van der Waals surface area contributed by atoms with E-state index in [1.165, 1.54) is 17.8 Å². The van der Waals surface area contributed by atoms with E-state index in [1.54, 1.807) is 6.07 Å². The fourth-order valence-corrected chi connectivity index (χ4v) is 2.78. The van der Waals surface area contributed by atoms with E-state index in [1.807, 2.05) is 36.4 Å². The lowest BCUT2D eigenvalue weighted by Crippen LogP contribution is -2.14. The summed E-state index contributed by atoms with van der Waals surface area (Å²) >= 11 is 1.48. The third kappa shape index (κ3) is 4.08. The summed E-state index contributed by atoms with van der Waals surface area (Å²) < 4.78 is 14.0. The van der Waals surface area contributed by atoms with Crippen LogP contribution in [0.2, 0.25) is 0 Å². The molecule has 19 heavy (non-hydrogen) atoms. The zero-order valence-corrected chi connectivity index (χ0v) is 11.8. The van der Waals surface area contributed by atoms with Gasteiger partial charge in [-0.2, -0.15) is 0 Å². The van der Waals surface area contributed by atoms with Crippen molar-refractivity contribution in [3.63, 3.8) is 0 Å². The fourth-order valence-electron chi connectivity index (χ4n) is 1.81. The molecule has 1 N–H and O–H groups in total. The minimum absolute atomic E-state index is 0.148. The van der Waals surface area contributed by atoms with Gasteiger partial charge in [-0.05, 0) is 36.7 Å². The topological polar surface area (TPSA) is 12.0 Å². The largest absolute Gasteiger partial charge is 0.313 e. The van der Waals surface area contributed by atoms with Crippen LogP contribution >= 0.6 is 11.8 Å². The van der Waals surface area contributed by atoms with Crippen LogP contribution in [0.4, 0.5) is 4.39 Å². The highest BCUT2D eigenvalue weighted by Gasteiger charge is 2.09. The molecule has 0 aromatic heterocycles. The van der Waals surface area contributed by atoms with Crippen LogP contribution in [0, 0.1) is 5.82 Å². The molecule has 0 saturated heterocycles. The number of hydrogen-bond acceptors (Lipinski definition) is 2. The molecule has 2 aromatic rings. The van der Waals surface area contributed by atoms with Crippen LogP contribution in [0.25, 0.3) is 0 Å². The smallest absolute Gasteiger partial charge is 0.137 e. The van der Waals surface area contributed by atoms with Crippen molar-refractivity contribution in [2.24, 2.45) is 0 Å². The minimum atomic E-state index is -0.148. The van der Waals surface area contributed by atoms with Crippen LogP contribution in [0.5, 0.6) is 0 Å². The van der Waals surface area contributed by atoms with Crippen molar-refractivity contribution in [3.05, 3.63) is 59.9 Å². The Kier molecular flexibility index (Phi) is 5.43. The molecule has 0 amide bonds. The summed E-state index contributed by atoms with van der Waals surface area (Å²) in [6, 6.07) is 15.2. The number of nitrogens with one attached hydrogen (secondary N) is 1. The first-order valence-corrected chi connectivity index (χ1v) is 7.34. The molecular formula is C16H18FNS. The standard InChI is InChI=1S/C16H18FNS/c1-2-11-18-12-13-7-6-10-15(17)16(13)19-14-8-4-3-5-9-14/h3-10,18H,2,11-12H2,1H3. The maximum Gasteiger partial charge on any atom is 0.137 e. The molecule has 1 nitrogen and oxygen atoms in total. The van der Waals surface area contributed by atoms with Crippen molar-refractivity contribution in [3.8, 4) is 0 Å². The van der Waals surface area contributed by atoms with E-state index in [4.69, 9.17) is 0 Å². The average molecular weight is 275 g/mol. The van der Waals surface area contributed by atoms with Gasteiger partial charge in [0.15, 0.2) is 0 Å². The third-order valence-corrected chi connectivity index (χ3v) is 3.92. The minimum Gasteiger partial charge on any atom is -0.313 e. The van der Waals surface area contributed by atoms with Gasteiger partial charge in [-0.3, -0.25) is 0 Å². The highest BCUT2D eigenvalue weighted by Crippen LogP contribution is 2.32. The van der Waals surface area contributed by atoms with Crippen LogP contribution in [-0.2, 0) is 6.54 Å². The first-order chi connectivity index (χ1) is 9.31. The average Bonchev–Trinajstić information content (AvgIpc) is 2.44. The van der Waals surface area contributed by atoms with Gasteiger partial charge in [-0.25, -0.2) is 4.39 Å². The molecule has 0 heterocycles. The van der Waals surface area contributed by atoms with Crippen molar-refractivity contribution >= 4 is 11.8 Å². The molecule has 2 aromatic carbocycles. The van der Waals surface area contributed by atoms with E-state index in [-0.39, 0.29) is 5.82 Å². The molecule has 0 spiro atoms. The van der Waals surface area contributed by atoms with E-state index in [2.05, 4.69) is 12.2 Å². The molecule has 0 aliphatic heterocycles. The summed E-state index contributed by atoms with van der Waals surface area (Å²) in [6.07, 6.45) is 1.08. The predicted octanol–water partition coefficient (Wildman–Crippen LogP) is 4.48. The molecule has 0 bridgehead atoms. The second-order valence-corrected chi connectivity index (χ2v) is 5.40. The molecular weight excluding hydrogens is 257 g/mol. The molecule has 0 aliphatic carbocycles. The van der Waals surface area contributed by atoms with Crippen LogP contribution in [0.1, 0.15) is 18.9 Å². The zero-order chi connectivity index (χ0) is 13.5. The monoisotopic (exact) mass is 275 g/mol. The van der Waals surface area contributed by atoms with Crippen molar-refractivity contribution in [2.45, 2.75) is 29.7 Å². The molecule has 0 atom stereocenters. The Labute approximate surface area is 118 Å². The van der Waals surface area contributed by atoms with Gasteiger partial charge in [-0.15, -0.1) is 0 Å². The second-order valence-electron chi connectivity index (χ2n) is 4.32. The first-order valence-electron chi connectivity index (χ1n) is 6.52. The zero-order valence-electron chi connectivity index (χ0n) is 11.0. The van der Waals surface area contributed by atoms with Gasteiger partial charge in [0, 0.05) is 11.4 Å². The summed E-state index contributed by atoms with van der Waals surface area (Å²) in [7, 11) is 0. The quantitative estimate of drug-likeness (QED) is 0.780. The van der Waals surface area contributed by atoms with E-state index in [9.17, 15) is 4.39 Å². The highest BCUT2D eigenvalue weighted by atomic mass is 32.2. The Bertz CT molecular complexity index is 513. The molecule has 2 rings (SSSR count). The summed E-state index contributed by atoms with van der Waals surface area (Å²) in [5.74, 6) is -0.148. The lowest BCUT2D eigenvalue weighted by atomic mass is 10.2. The van der Waals surface area contributed by atoms with E-state index in [0.29, 0.717) is 6.54 Å². The SMILES string of the molecule is CCCNCc1cccc(F)c1Sc1ccccc1. The lowest BCUT2D eigenvalue weighted by Gasteiger charge is -2.11. The Balaban J connectivity index is 2.18. The van der Waals surface area contributed by atoms with E-state index < -0.39 is 0 Å². The summed E-state index contributed by atoms with van der Waals surface area (Å²) in [4.78, 5) is 1.78. The number of hydrogen-bond donors (Lipinski definition) is 1. The summed E-state index contributed by atoms with van der Waals surface area (Å²) in [5.41, 5.74) is 1.02. The Morgan fingerprint density at radius 1 is 1.05 bits per heavy atom. The van der Waals surface area contributed by atoms with Gasteiger partial charge in [0.25, 0.3) is 0 Å². The second kappa shape index (κ2) is 7.31. The van der Waals surface area contributed by atoms with Gasteiger partial charge in [0.2, 0.25) is 0 Å². The van der Waals surface area contributed by atoms with Gasteiger partial charge in [-0.1, -0.05) is 49.0 Å². The van der Waals surface area contributed by atoms with Gasteiger partial charge in [0.1, 0.15) is 5.82 Å². The highest BCUT2D eigenvalue weighted by molar-refractivity contribution is 7.99. The van der Waals surface area contributed by atoms with Crippen LogP contribution in [-0.4, -0.2) is 6.54 Å². The molecule has 0 saturated carbocycles. The Morgan fingerprint density at radius 3 is 2.58 bits per heavy atom.